The molecule has 164 valence electrons. The number of nitrogens with one attached hydrogen (secondary N) is 1. The maximum absolute atomic E-state index is 14.1. The smallest absolute Gasteiger partial charge is 0.269 e. The summed E-state index contributed by atoms with van der Waals surface area (Å²) in [5, 5.41) is 14.4. The molecular weight excluding hydrogens is 428 g/mol. The summed E-state index contributed by atoms with van der Waals surface area (Å²) in [6, 6.07) is 13.6. The molecule has 2 aliphatic heterocycles. The Morgan fingerprint density at radius 1 is 1.19 bits per heavy atom. The summed E-state index contributed by atoms with van der Waals surface area (Å²) >= 11 is 5.37. The summed E-state index contributed by atoms with van der Waals surface area (Å²) in [6.07, 6.45) is 1.75. The maximum Gasteiger partial charge on any atom is 0.269 e. The van der Waals surface area contributed by atoms with Crippen LogP contribution in [0.25, 0.3) is 0 Å². The van der Waals surface area contributed by atoms with Crippen LogP contribution in [-0.2, 0) is 16.0 Å². The number of fused-ring (bicyclic) bond motifs is 1. The van der Waals surface area contributed by atoms with Gasteiger partial charge < -0.3 is 10.2 Å². The van der Waals surface area contributed by atoms with Gasteiger partial charge in [0.2, 0.25) is 11.8 Å². The highest BCUT2D eigenvalue weighted by molar-refractivity contribution is 7.80. The number of nitrogens with zero attached hydrogens (tertiary/aromatic N) is 3. The Labute approximate surface area is 190 Å². The molecule has 5 rings (SSSR count). The van der Waals surface area contributed by atoms with E-state index in [9.17, 15) is 19.7 Å². The van der Waals surface area contributed by atoms with Crippen LogP contribution in [-0.4, -0.2) is 39.3 Å². The van der Waals surface area contributed by atoms with Gasteiger partial charge in [0.15, 0.2) is 10.5 Å². The van der Waals surface area contributed by atoms with Gasteiger partial charge in [0, 0.05) is 36.8 Å². The van der Waals surface area contributed by atoms with Gasteiger partial charge in [-0.25, -0.2) is 0 Å². The zero-order valence-electron chi connectivity index (χ0n) is 17.5. The molecule has 2 fully saturated rings. The van der Waals surface area contributed by atoms with E-state index in [0.29, 0.717) is 12.1 Å². The molecule has 1 N–H and O–H groups in total. The largest absolute Gasteiger partial charge is 0.363 e. The molecule has 1 saturated heterocycles. The molecule has 1 spiro atoms. The Morgan fingerprint density at radius 3 is 2.53 bits per heavy atom. The highest BCUT2D eigenvalue weighted by atomic mass is 32.1. The lowest BCUT2D eigenvalue weighted by molar-refractivity contribution is -0.384. The topological polar surface area (TPSA) is 95.8 Å². The fraction of sp³-hybridized carbons (Fsp3) is 0.348. The molecule has 0 aromatic heterocycles. The Balaban J connectivity index is 1.75. The van der Waals surface area contributed by atoms with Gasteiger partial charge in [-0.1, -0.05) is 30.3 Å². The molecule has 2 aromatic rings. The van der Waals surface area contributed by atoms with E-state index in [-0.39, 0.29) is 29.2 Å². The summed E-state index contributed by atoms with van der Waals surface area (Å²) in [5.74, 6) is -0.771. The molecular formula is C23H22N4O4S. The third-order valence-corrected chi connectivity index (χ3v) is 6.94. The fourth-order valence-electron chi connectivity index (χ4n) is 5.10. The van der Waals surface area contributed by atoms with Crippen LogP contribution in [0.15, 0.2) is 48.5 Å². The summed E-state index contributed by atoms with van der Waals surface area (Å²) in [4.78, 5) is 42.3. The number of rotatable bonds is 4. The quantitative estimate of drug-likeness (QED) is 0.333. The highest BCUT2D eigenvalue weighted by Crippen LogP contribution is 2.53. The van der Waals surface area contributed by atoms with E-state index in [0.717, 1.165) is 24.1 Å². The van der Waals surface area contributed by atoms with E-state index in [2.05, 4.69) is 5.32 Å². The minimum absolute atomic E-state index is 0.00881. The lowest BCUT2D eigenvalue weighted by Gasteiger charge is -2.52. The Morgan fingerprint density at radius 2 is 1.91 bits per heavy atom. The first-order valence-corrected chi connectivity index (χ1v) is 11.1. The zero-order valence-corrected chi connectivity index (χ0v) is 18.3. The lowest BCUT2D eigenvalue weighted by Crippen LogP contribution is -2.69. The van der Waals surface area contributed by atoms with E-state index < -0.39 is 22.3 Å². The first-order valence-electron chi connectivity index (χ1n) is 10.7. The second-order valence-corrected chi connectivity index (χ2v) is 8.87. The van der Waals surface area contributed by atoms with Crippen LogP contribution < -0.4 is 10.2 Å². The van der Waals surface area contributed by atoms with Crippen molar-refractivity contribution >= 4 is 40.5 Å². The Bertz CT molecular complexity index is 1150. The number of hydrogen-bond acceptors (Lipinski definition) is 6. The van der Waals surface area contributed by atoms with Crippen molar-refractivity contribution in [1.29, 1.82) is 0 Å². The van der Waals surface area contributed by atoms with Crippen molar-refractivity contribution in [3.8, 4) is 0 Å². The molecule has 1 saturated carbocycles. The Hall–Kier alpha value is -3.33. The van der Waals surface area contributed by atoms with Crippen molar-refractivity contribution in [3.05, 3.63) is 69.8 Å². The van der Waals surface area contributed by atoms with Crippen LogP contribution in [0.5, 0.6) is 0 Å². The summed E-state index contributed by atoms with van der Waals surface area (Å²) < 4.78 is 0. The van der Waals surface area contributed by atoms with Gasteiger partial charge in [0.1, 0.15) is 0 Å². The third kappa shape index (κ3) is 2.91. The standard InChI is InChI=1S/C23H22N4O4S/c1-2-25-18-11-10-17(27(30)31)12-15(18)13-23(19(25)14-6-4-3-5-7-14)20(28)24-22(32)26(21(23)29)16-8-9-16/h3-7,10-12,16,19H,2,8-9,13H2,1H3,(H,24,28,32)/t19-,23+/m1/s1. The minimum Gasteiger partial charge on any atom is -0.363 e. The average molecular weight is 451 g/mol. The number of nitro benzene ring substituents is 1. The summed E-state index contributed by atoms with van der Waals surface area (Å²) in [7, 11) is 0. The monoisotopic (exact) mass is 450 g/mol. The predicted molar refractivity (Wildman–Crippen MR) is 122 cm³/mol. The van der Waals surface area contributed by atoms with Crippen molar-refractivity contribution in [3.63, 3.8) is 0 Å². The number of thiocarbonyl (C=S) groups is 1. The van der Waals surface area contributed by atoms with Gasteiger partial charge >= 0.3 is 0 Å². The van der Waals surface area contributed by atoms with Crippen molar-refractivity contribution in [2.24, 2.45) is 5.41 Å². The van der Waals surface area contributed by atoms with Crippen LogP contribution in [0, 0.1) is 15.5 Å². The SMILES string of the molecule is CCN1c2ccc([N+](=O)[O-])cc2C[C@@]2(C(=O)NC(=S)N(C3CC3)C2=O)[C@H]1c1ccccc1. The lowest BCUT2D eigenvalue weighted by atomic mass is 9.66. The van der Waals surface area contributed by atoms with Gasteiger partial charge in [-0.15, -0.1) is 0 Å². The summed E-state index contributed by atoms with van der Waals surface area (Å²) in [5.41, 5.74) is 0.700. The number of carbonyl (C=O) groups excluding carboxylic acids is 2. The zero-order chi connectivity index (χ0) is 22.6. The number of carbonyl (C=O) groups is 2. The van der Waals surface area contributed by atoms with Crippen molar-refractivity contribution in [1.82, 2.24) is 10.2 Å². The van der Waals surface area contributed by atoms with Crippen LogP contribution >= 0.6 is 12.2 Å². The maximum atomic E-state index is 14.1. The summed E-state index contributed by atoms with van der Waals surface area (Å²) in [6.45, 7) is 2.47. The number of non-ortho nitro benzene ring substituents is 1. The number of benzene rings is 2. The first-order chi connectivity index (χ1) is 15.4. The van der Waals surface area contributed by atoms with Gasteiger partial charge in [0.05, 0.1) is 11.0 Å². The van der Waals surface area contributed by atoms with Crippen molar-refractivity contribution in [2.45, 2.75) is 38.3 Å². The number of nitro groups is 1. The fourth-order valence-corrected chi connectivity index (χ4v) is 5.42. The van der Waals surface area contributed by atoms with Crippen LogP contribution in [0.2, 0.25) is 0 Å². The molecule has 0 unspecified atom stereocenters. The van der Waals surface area contributed by atoms with E-state index in [1.165, 1.54) is 12.1 Å². The highest BCUT2D eigenvalue weighted by Gasteiger charge is 2.63. The normalized spacial score (nSPS) is 25.0. The van der Waals surface area contributed by atoms with Gasteiger partial charge in [-0.2, -0.15) is 0 Å². The molecule has 2 atom stereocenters. The third-order valence-electron chi connectivity index (χ3n) is 6.64. The minimum atomic E-state index is -1.48. The molecule has 0 radical (unpaired) electrons. The van der Waals surface area contributed by atoms with Crippen LogP contribution in [0.3, 0.4) is 0 Å². The van der Waals surface area contributed by atoms with E-state index >= 15 is 0 Å². The predicted octanol–water partition coefficient (Wildman–Crippen LogP) is 3.11. The molecule has 32 heavy (non-hydrogen) atoms. The molecule has 2 amide bonds. The average Bonchev–Trinajstić information content (AvgIpc) is 3.61. The second-order valence-electron chi connectivity index (χ2n) is 8.48. The number of anilines is 1. The van der Waals surface area contributed by atoms with Crippen LogP contribution in [0.1, 0.15) is 36.9 Å². The molecule has 1 aliphatic carbocycles. The number of amides is 2. The molecule has 0 bridgehead atoms. The molecule has 2 heterocycles. The van der Waals surface area contributed by atoms with Crippen LogP contribution in [0.4, 0.5) is 11.4 Å². The van der Waals surface area contributed by atoms with Gasteiger partial charge in [0.25, 0.3) is 5.69 Å². The van der Waals surface area contributed by atoms with E-state index in [4.69, 9.17) is 12.2 Å². The molecule has 9 heteroatoms. The van der Waals surface area contributed by atoms with Crippen molar-refractivity contribution in [2.75, 3.05) is 11.4 Å². The van der Waals surface area contributed by atoms with Gasteiger partial charge in [-0.05, 0) is 49.2 Å². The Kier molecular flexibility index (Phi) is 4.74. The van der Waals surface area contributed by atoms with Crippen molar-refractivity contribution < 1.29 is 14.5 Å². The molecule has 2 aromatic carbocycles. The van der Waals surface area contributed by atoms with Gasteiger partial charge in [-0.3, -0.25) is 24.6 Å². The number of hydrogen-bond donors (Lipinski definition) is 1. The second kappa shape index (κ2) is 7.37. The molecule has 8 nitrogen and oxygen atoms in total. The van der Waals surface area contributed by atoms with E-state index in [1.807, 2.05) is 42.2 Å². The van der Waals surface area contributed by atoms with E-state index in [1.54, 1.807) is 11.0 Å². The first kappa shape index (κ1) is 20.6. The molecule has 3 aliphatic rings.